The summed E-state index contributed by atoms with van der Waals surface area (Å²) in [6, 6.07) is -0.625. The number of aryl methyl sites for hydroxylation is 1. The predicted octanol–water partition coefficient (Wildman–Crippen LogP) is 0.790. The standard InChI is InChI=1S/C12H18N4O3/c1-8(2)16(7-11(17)18)12(19)15-6-10-5-13-9(3)4-14-10/h4-5,8H,6-7H2,1-3H3,(H,15,19)(H,17,18). The van der Waals surface area contributed by atoms with Crippen LogP contribution in [0.2, 0.25) is 0 Å². The fourth-order valence-electron chi connectivity index (χ4n) is 1.41. The second-order valence-electron chi connectivity index (χ2n) is 4.42. The molecular formula is C12H18N4O3. The van der Waals surface area contributed by atoms with Gasteiger partial charge in [-0.1, -0.05) is 0 Å². The van der Waals surface area contributed by atoms with Crippen molar-refractivity contribution >= 4 is 12.0 Å². The number of hydrogen-bond donors (Lipinski definition) is 2. The molecule has 1 aromatic heterocycles. The quantitative estimate of drug-likeness (QED) is 0.821. The zero-order valence-corrected chi connectivity index (χ0v) is 11.3. The Morgan fingerprint density at radius 1 is 1.37 bits per heavy atom. The van der Waals surface area contributed by atoms with Crippen molar-refractivity contribution in [2.24, 2.45) is 0 Å². The minimum atomic E-state index is -1.04. The highest BCUT2D eigenvalue weighted by Gasteiger charge is 2.19. The molecule has 0 aliphatic carbocycles. The van der Waals surface area contributed by atoms with E-state index in [1.165, 1.54) is 4.90 Å². The third kappa shape index (κ3) is 4.90. The maximum absolute atomic E-state index is 11.9. The van der Waals surface area contributed by atoms with Crippen molar-refractivity contribution in [3.05, 3.63) is 23.8 Å². The minimum Gasteiger partial charge on any atom is -0.480 e. The maximum Gasteiger partial charge on any atom is 0.323 e. The van der Waals surface area contributed by atoms with Crippen LogP contribution in [0, 0.1) is 6.92 Å². The Balaban J connectivity index is 2.57. The number of carboxylic acid groups (broad SMARTS) is 1. The SMILES string of the molecule is Cc1cnc(CNC(=O)N(CC(=O)O)C(C)C)cn1. The lowest BCUT2D eigenvalue weighted by Crippen LogP contribution is -2.46. The van der Waals surface area contributed by atoms with Crippen LogP contribution in [-0.2, 0) is 11.3 Å². The number of carboxylic acids is 1. The van der Waals surface area contributed by atoms with E-state index in [1.54, 1.807) is 26.2 Å². The van der Waals surface area contributed by atoms with E-state index >= 15 is 0 Å². The minimum absolute atomic E-state index is 0.194. The van der Waals surface area contributed by atoms with E-state index in [-0.39, 0.29) is 19.1 Å². The average Bonchev–Trinajstić information content (AvgIpc) is 2.34. The molecule has 7 heteroatoms. The molecule has 1 heterocycles. The van der Waals surface area contributed by atoms with Gasteiger partial charge in [0, 0.05) is 12.2 Å². The van der Waals surface area contributed by atoms with Crippen molar-refractivity contribution in [1.82, 2.24) is 20.2 Å². The van der Waals surface area contributed by atoms with Gasteiger partial charge in [0.05, 0.1) is 24.1 Å². The molecule has 104 valence electrons. The molecule has 7 nitrogen and oxygen atoms in total. The Morgan fingerprint density at radius 2 is 2.05 bits per heavy atom. The number of amides is 2. The van der Waals surface area contributed by atoms with Crippen LogP contribution in [0.15, 0.2) is 12.4 Å². The summed E-state index contributed by atoms with van der Waals surface area (Å²) in [5.41, 5.74) is 1.42. The summed E-state index contributed by atoms with van der Waals surface area (Å²) in [4.78, 5) is 32.0. The molecule has 0 bridgehead atoms. The number of aliphatic carboxylic acids is 1. The van der Waals surface area contributed by atoms with Crippen LogP contribution in [0.5, 0.6) is 0 Å². The smallest absolute Gasteiger partial charge is 0.323 e. The summed E-state index contributed by atoms with van der Waals surface area (Å²) in [7, 11) is 0. The van der Waals surface area contributed by atoms with Crippen LogP contribution in [0.1, 0.15) is 25.2 Å². The van der Waals surface area contributed by atoms with Crippen molar-refractivity contribution in [2.45, 2.75) is 33.4 Å². The van der Waals surface area contributed by atoms with E-state index in [2.05, 4.69) is 15.3 Å². The molecule has 0 radical (unpaired) electrons. The van der Waals surface area contributed by atoms with Gasteiger partial charge in [-0.2, -0.15) is 0 Å². The largest absolute Gasteiger partial charge is 0.480 e. The number of urea groups is 1. The van der Waals surface area contributed by atoms with E-state index in [9.17, 15) is 9.59 Å². The summed E-state index contributed by atoms with van der Waals surface area (Å²) in [5, 5.41) is 11.4. The predicted molar refractivity (Wildman–Crippen MR) is 68.5 cm³/mol. The first-order valence-corrected chi connectivity index (χ1v) is 5.94. The van der Waals surface area contributed by atoms with Gasteiger partial charge < -0.3 is 15.3 Å². The number of carbonyl (C=O) groups is 2. The summed E-state index contributed by atoms with van der Waals surface area (Å²) >= 11 is 0. The summed E-state index contributed by atoms with van der Waals surface area (Å²) in [5.74, 6) is -1.04. The topological polar surface area (TPSA) is 95.4 Å². The normalized spacial score (nSPS) is 10.3. The summed E-state index contributed by atoms with van der Waals surface area (Å²) < 4.78 is 0. The Morgan fingerprint density at radius 3 is 2.53 bits per heavy atom. The Bertz CT molecular complexity index is 445. The van der Waals surface area contributed by atoms with E-state index in [0.29, 0.717) is 5.69 Å². The lowest BCUT2D eigenvalue weighted by Gasteiger charge is -2.24. The van der Waals surface area contributed by atoms with Gasteiger partial charge in [0.2, 0.25) is 0 Å². The van der Waals surface area contributed by atoms with Gasteiger partial charge in [0.15, 0.2) is 0 Å². The molecule has 1 rings (SSSR count). The van der Waals surface area contributed by atoms with E-state index in [1.807, 2.05) is 6.92 Å². The number of hydrogen-bond acceptors (Lipinski definition) is 4. The lowest BCUT2D eigenvalue weighted by molar-refractivity contribution is -0.138. The summed E-state index contributed by atoms with van der Waals surface area (Å²) in [6.07, 6.45) is 3.19. The van der Waals surface area contributed by atoms with Crippen molar-refractivity contribution in [3.63, 3.8) is 0 Å². The van der Waals surface area contributed by atoms with Crippen LogP contribution in [0.3, 0.4) is 0 Å². The second kappa shape index (κ2) is 6.67. The number of aromatic nitrogens is 2. The first kappa shape index (κ1) is 14.9. The van der Waals surface area contributed by atoms with Gasteiger partial charge in [0.25, 0.3) is 0 Å². The molecule has 19 heavy (non-hydrogen) atoms. The molecule has 1 aromatic rings. The molecule has 0 aliphatic heterocycles. The van der Waals surface area contributed by atoms with Crippen molar-refractivity contribution in [3.8, 4) is 0 Å². The first-order valence-electron chi connectivity index (χ1n) is 5.94. The van der Waals surface area contributed by atoms with Crippen LogP contribution >= 0.6 is 0 Å². The number of carbonyl (C=O) groups excluding carboxylic acids is 1. The van der Waals surface area contributed by atoms with Gasteiger partial charge in [0.1, 0.15) is 6.54 Å². The molecule has 2 N–H and O–H groups in total. The molecule has 0 unspecified atom stereocenters. The van der Waals surface area contributed by atoms with Gasteiger partial charge in [-0.3, -0.25) is 14.8 Å². The Kier molecular flexibility index (Phi) is 5.23. The molecule has 0 atom stereocenters. The number of rotatable bonds is 5. The first-order chi connectivity index (χ1) is 8.90. The van der Waals surface area contributed by atoms with Gasteiger partial charge in [-0.15, -0.1) is 0 Å². The molecule has 0 saturated carbocycles. The van der Waals surface area contributed by atoms with E-state index in [0.717, 1.165) is 5.69 Å². The average molecular weight is 266 g/mol. The number of nitrogens with zero attached hydrogens (tertiary/aromatic N) is 3. The zero-order valence-electron chi connectivity index (χ0n) is 11.3. The number of nitrogens with one attached hydrogen (secondary N) is 1. The Labute approximate surface area is 111 Å². The van der Waals surface area contributed by atoms with Crippen molar-refractivity contribution in [2.75, 3.05) is 6.54 Å². The van der Waals surface area contributed by atoms with E-state index < -0.39 is 12.0 Å². The second-order valence-corrected chi connectivity index (χ2v) is 4.42. The van der Waals surface area contributed by atoms with Gasteiger partial charge in [-0.05, 0) is 20.8 Å². The molecule has 0 aromatic carbocycles. The summed E-state index contributed by atoms with van der Waals surface area (Å²) in [6.45, 7) is 5.23. The lowest BCUT2D eigenvalue weighted by atomic mass is 10.3. The fraction of sp³-hybridized carbons (Fsp3) is 0.500. The van der Waals surface area contributed by atoms with Gasteiger partial charge in [-0.25, -0.2) is 4.79 Å². The molecular weight excluding hydrogens is 248 g/mol. The van der Waals surface area contributed by atoms with Crippen LogP contribution in [0.4, 0.5) is 4.79 Å². The van der Waals surface area contributed by atoms with Crippen molar-refractivity contribution < 1.29 is 14.7 Å². The molecule has 0 fully saturated rings. The van der Waals surface area contributed by atoms with Gasteiger partial charge >= 0.3 is 12.0 Å². The molecule has 0 spiro atoms. The fourth-order valence-corrected chi connectivity index (χ4v) is 1.41. The third-order valence-electron chi connectivity index (χ3n) is 2.44. The third-order valence-corrected chi connectivity index (χ3v) is 2.44. The highest BCUT2D eigenvalue weighted by molar-refractivity contribution is 5.80. The van der Waals surface area contributed by atoms with E-state index in [4.69, 9.17) is 5.11 Å². The Hall–Kier alpha value is -2.18. The molecule has 0 saturated heterocycles. The monoisotopic (exact) mass is 266 g/mol. The highest BCUT2D eigenvalue weighted by atomic mass is 16.4. The highest BCUT2D eigenvalue weighted by Crippen LogP contribution is 2.00. The van der Waals surface area contributed by atoms with Crippen LogP contribution in [-0.4, -0.2) is 44.6 Å². The maximum atomic E-state index is 11.9. The van der Waals surface area contributed by atoms with Crippen LogP contribution < -0.4 is 5.32 Å². The van der Waals surface area contributed by atoms with Crippen molar-refractivity contribution in [1.29, 1.82) is 0 Å². The molecule has 2 amide bonds. The zero-order chi connectivity index (χ0) is 14.4. The van der Waals surface area contributed by atoms with Crippen LogP contribution in [0.25, 0.3) is 0 Å². The molecule has 0 aliphatic rings.